The van der Waals surface area contributed by atoms with Gasteiger partial charge in [0.25, 0.3) is 0 Å². The molecule has 1 heterocycles. The summed E-state index contributed by atoms with van der Waals surface area (Å²) in [7, 11) is -3.55. The number of benzene rings is 2. The Kier molecular flexibility index (Phi) is 10.9. The molecule has 0 saturated carbocycles. The zero-order valence-corrected chi connectivity index (χ0v) is 24.5. The SMILES string of the molecule is CC(C)(C)OC(=O)N1CCC(NCCCN(Cc2ccc(S(C)(=O)=O)cc2F)C(=O)OCc2ccccc2)CC1. The molecule has 0 unspecified atom stereocenters. The van der Waals surface area contributed by atoms with Gasteiger partial charge in [-0.25, -0.2) is 22.4 Å². The van der Waals surface area contributed by atoms with Crippen molar-refractivity contribution in [3.63, 3.8) is 0 Å². The summed E-state index contributed by atoms with van der Waals surface area (Å²) in [6.45, 7) is 7.70. The topological polar surface area (TPSA) is 105 Å². The average molecular weight is 578 g/mol. The summed E-state index contributed by atoms with van der Waals surface area (Å²) in [6.07, 6.45) is 2.31. The van der Waals surface area contributed by atoms with Gasteiger partial charge in [-0.1, -0.05) is 36.4 Å². The molecular formula is C29H40FN3O6S. The molecule has 0 atom stereocenters. The molecule has 0 radical (unpaired) electrons. The van der Waals surface area contributed by atoms with E-state index in [1.54, 1.807) is 4.90 Å². The van der Waals surface area contributed by atoms with E-state index in [4.69, 9.17) is 9.47 Å². The Morgan fingerprint density at radius 3 is 2.38 bits per heavy atom. The standard InChI is InChI=1S/C29H40FN3O6S/c1-29(2,3)39-28(35)32-17-13-24(14-18-32)31-15-8-16-33(27(34)38-21-22-9-6-5-7-10-22)20-23-11-12-25(19-26(23)30)40(4,36)37/h5-7,9-12,19,24,31H,8,13-18,20-21H2,1-4H3. The van der Waals surface area contributed by atoms with Crippen molar-refractivity contribution in [1.29, 1.82) is 0 Å². The van der Waals surface area contributed by atoms with Crippen molar-refractivity contribution in [2.24, 2.45) is 0 Å². The van der Waals surface area contributed by atoms with Crippen molar-refractivity contribution in [1.82, 2.24) is 15.1 Å². The van der Waals surface area contributed by atoms with Crippen LogP contribution in [0, 0.1) is 5.82 Å². The maximum atomic E-state index is 14.8. The van der Waals surface area contributed by atoms with Crippen LogP contribution in [0.2, 0.25) is 0 Å². The van der Waals surface area contributed by atoms with Gasteiger partial charge in [-0.05, 0) is 64.3 Å². The van der Waals surface area contributed by atoms with Gasteiger partial charge in [0.05, 0.1) is 11.4 Å². The summed E-state index contributed by atoms with van der Waals surface area (Å²) in [5, 5.41) is 3.48. The van der Waals surface area contributed by atoms with E-state index in [2.05, 4.69) is 5.32 Å². The van der Waals surface area contributed by atoms with E-state index in [9.17, 15) is 22.4 Å². The molecule has 2 amide bonds. The highest BCUT2D eigenvalue weighted by Crippen LogP contribution is 2.18. The minimum absolute atomic E-state index is 0.0578. The predicted molar refractivity (Wildman–Crippen MR) is 150 cm³/mol. The summed E-state index contributed by atoms with van der Waals surface area (Å²) in [5.74, 6) is -0.696. The van der Waals surface area contributed by atoms with Crippen LogP contribution in [0.1, 0.15) is 51.2 Å². The Balaban J connectivity index is 1.54. The number of halogens is 1. The lowest BCUT2D eigenvalue weighted by Crippen LogP contribution is -2.47. The van der Waals surface area contributed by atoms with Crippen LogP contribution < -0.4 is 5.32 Å². The average Bonchev–Trinajstić information content (AvgIpc) is 2.89. The molecule has 0 bridgehead atoms. The summed E-state index contributed by atoms with van der Waals surface area (Å²) in [4.78, 5) is 28.3. The number of sulfone groups is 1. The van der Waals surface area contributed by atoms with Gasteiger partial charge >= 0.3 is 12.2 Å². The van der Waals surface area contributed by atoms with Gasteiger partial charge in [0, 0.05) is 37.5 Å². The Hall–Kier alpha value is -3.18. The first kappa shape index (κ1) is 31.3. The van der Waals surface area contributed by atoms with E-state index in [-0.39, 0.29) is 35.7 Å². The first-order chi connectivity index (χ1) is 18.8. The van der Waals surface area contributed by atoms with Gasteiger partial charge in [0.2, 0.25) is 0 Å². The fourth-order valence-electron chi connectivity index (χ4n) is 4.31. The molecule has 2 aromatic rings. The lowest BCUT2D eigenvalue weighted by Gasteiger charge is -2.34. The smallest absolute Gasteiger partial charge is 0.410 e. The summed E-state index contributed by atoms with van der Waals surface area (Å²) in [5.41, 5.74) is 0.504. The van der Waals surface area contributed by atoms with Crippen molar-refractivity contribution in [3.05, 3.63) is 65.5 Å². The lowest BCUT2D eigenvalue weighted by molar-refractivity contribution is 0.0198. The summed E-state index contributed by atoms with van der Waals surface area (Å²) >= 11 is 0. The first-order valence-electron chi connectivity index (χ1n) is 13.5. The molecule has 40 heavy (non-hydrogen) atoms. The van der Waals surface area contributed by atoms with Crippen LogP contribution in [0.5, 0.6) is 0 Å². The Bertz CT molecular complexity index is 1240. The van der Waals surface area contributed by atoms with Crippen molar-refractivity contribution in [3.8, 4) is 0 Å². The molecular weight excluding hydrogens is 537 g/mol. The number of ether oxygens (including phenoxy) is 2. The molecule has 9 nitrogen and oxygen atoms in total. The van der Waals surface area contributed by atoms with Gasteiger partial charge in [0.15, 0.2) is 9.84 Å². The zero-order chi connectivity index (χ0) is 29.3. The number of amides is 2. The largest absolute Gasteiger partial charge is 0.445 e. The highest BCUT2D eigenvalue weighted by Gasteiger charge is 2.27. The van der Waals surface area contributed by atoms with E-state index in [0.29, 0.717) is 32.6 Å². The van der Waals surface area contributed by atoms with Crippen LogP contribution in [0.25, 0.3) is 0 Å². The van der Waals surface area contributed by atoms with Crippen LogP contribution in [0.3, 0.4) is 0 Å². The summed E-state index contributed by atoms with van der Waals surface area (Å²) in [6, 6.07) is 13.2. The molecule has 1 fully saturated rings. The number of carbonyl (C=O) groups is 2. The van der Waals surface area contributed by atoms with Crippen LogP contribution in [0.15, 0.2) is 53.4 Å². The fourth-order valence-corrected chi connectivity index (χ4v) is 4.94. The van der Waals surface area contributed by atoms with Crippen LogP contribution in [-0.2, 0) is 32.5 Å². The number of nitrogens with one attached hydrogen (secondary N) is 1. The Morgan fingerprint density at radius 1 is 1.10 bits per heavy atom. The molecule has 0 spiro atoms. The van der Waals surface area contributed by atoms with E-state index in [1.165, 1.54) is 17.0 Å². The van der Waals surface area contributed by atoms with Gasteiger partial charge in [-0.15, -0.1) is 0 Å². The van der Waals surface area contributed by atoms with Crippen LogP contribution >= 0.6 is 0 Å². The molecule has 11 heteroatoms. The van der Waals surface area contributed by atoms with Gasteiger partial charge < -0.3 is 24.6 Å². The highest BCUT2D eigenvalue weighted by molar-refractivity contribution is 7.90. The molecule has 1 aliphatic rings. The van der Waals surface area contributed by atoms with Crippen molar-refractivity contribution in [2.75, 3.05) is 32.4 Å². The molecule has 2 aromatic carbocycles. The van der Waals surface area contributed by atoms with E-state index in [0.717, 1.165) is 30.7 Å². The van der Waals surface area contributed by atoms with Gasteiger partial charge in [-0.2, -0.15) is 0 Å². The van der Waals surface area contributed by atoms with E-state index < -0.39 is 27.3 Å². The fraction of sp³-hybridized carbons (Fsp3) is 0.517. The maximum Gasteiger partial charge on any atom is 0.410 e. The van der Waals surface area contributed by atoms with Crippen molar-refractivity contribution >= 4 is 22.0 Å². The summed E-state index contributed by atoms with van der Waals surface area (Å²) < 4.78 is 49.3. The molecule has 0 aliphatic carbocycles. The van der Waals surface area contributed by atoms with Gasteiger partial charge in [0.1, 0.15) is 18.0 Å². The molecule has 0 aromatic heterocycles. The molecule has 220 valence electrons. The minimum atomic E-state index is -3.55. The second-order valence-electron chi connectivity index (χ2n) is 11.0. The number of rotatable bonds is 10. The third kappa shape index (κ3) is 10.1. The number of likely N-dealkylation sites (tertiary alicyclic amines) is 1. The van der Waals surface area contributed by atoms with E-state index in [1.807, 2.05) is 51.1 Å². The van der Waals surface area contributed by atoms with Crippen LogP contribution in [-0.4, -0.2) is 74.5 Å². The second kappa shape index (κ2) is 13.9. The minimum Gasteiger partial charge on any atom is -0.445 e. The first-order valence-corrected chi connectivity index (χ1v) is 15.4. The molecule has 1 saturated heterocycles. The molecule has 1 aliphatic heterocycles. The van der Waals surface area contributed by atoms with Crippen molar-refractivity contribution in [2.45, 2.75) is 69.7 Å². The number of piperidine rings is 1. The number of nitrogens with zero attached hydrogens (tertiary/aromatic N) is 2. The molecule has 3 rings (SSSR count). The van der Waals surface area contributed by atoms with E-state index >= 15 is 0 Å². The quantitative estimate of drug-likeness (QED) is 0.407. The van der Waals surface area contributed by atoms with Crippen LogP contribution in [0.4, 0.5) is 14.0 Å². The monoisotopic (exact) mass is 577 g/mol. The zero-order valence-electron chi connectivity index (χ0n) is 23.7. The third-order valence-electron chi connectivity index (χ3n) is 6.46. The predicted octanol–water partition coefficient (Wildman–Crippen LogP) is 4.75. The third-order valence-corrected chi connectivity index (χ3v) is 7.57. The molecule has 1 N–H and O–H groups in total. The second-order valence-corrected chi connectivity index (χ2v) is 13.1. The lowest BCUT2D eigenvalue weighted by atomic mass is 10.1. The normalized spacial score (nSPS) is 14.6. The Labute approximate surface area is 236 Å². The number of carbonyl (C=O) groups excluding carboxylic acids is 2. The Morgan fingerprint density at radius 2 is 1.77 bits per heavy atom. The van der Waals surface area contributed by atoms with Gasteiger partial charge in [-0.3, -0.25) is 0 Å². The highest BCUT2D eigenvalue weighted by atomic mass is 32.2. The maximum absolute atomic E-state index is 14.8. The van der Waals surface area contributed by atoms with Crippen molar-refractivity contribution < 1.29 is 31.9 Å². The number of hydrogen-bond acceptors (Lipinski definition) is 7. The number of hydrogen-bond donors (Lipinski definition) is 1.